The van der Waals surface area contributed by atoms with Crippen molar-refractivity contribution in [3.63, 3.8) is 0 Å². The van der Waals surface area contributed by atoms with Crippen molar-refractivity contribution in [1.29, 1.82) is 0 Å². The molecule has 2 saturated heterocycles. The highest BCUT2D eigenvalue weighted by molar-refractivity contribution is 7.89. The summed E-state index contributed by atoms with van der Waals surface area (Å²) in [5, 5.41) is 2.83. The smallest absolute Gasteiger partial charge is 0.338 e. The highest BCUT2D eigenvalue weighted by atomic mass is 32.2. The predicted octanol–water partition coefficient (Wildman–Crippen LogP) is 3.50. The van der Waals surface area contributed by atoms with Gasteiger partial charge >= 0.3 is 12.2 Å². The lowest BCUT2D eigenvalue weighted by atomic mass is 9.80. The average Bonchev–Trinajstić information content (AvgIpc) is 2.69. The van der Waals surface area contributed by atoms with Crippen LogP contribution in [0.5, 0.6) is 0 Å². The van der Waals surface area contributed by atoms with Crippen LogP contribution in [0.3, 0.4) is 0 Å². The number of benzene rings is 2. The Hall–Kier alpha value is -2.59. The van der Waals surface area contributed by atoms with Crippen LogP contribution in [0.1, 0.15) is 24.0 Å². The maximum absolute atomic E-state index is 13.3. The molecule has 2 fully saturated rings. The van der Waals surface area contributed by atoms with Gasteiger partial charge in [-0.2, -0.15) is 17.5 Å². The van der Waals surface area contributed by atoms with E-state index in [4.69, 9.17) is 0 Å². The van der Waals surface area contributed by atoms with Gasteiger partial charge in [-0.15, -0.1) is 0 Å². The second kappa shape index (κ2) is 8.40. The van der Waals surface area contributed by atoms with E-state index in [-0.39, 0.29) is 25.7 Å². The van der Waals surface area contributed by atoms with Gasteiger partial charge in [-0.25, -0.2) is 13.2 Å². The second-order valence-corrected chi connectivity index (χ2v) is 10.1. The molecule has 0 bridgehead atoms. The average molecular weight is 468 g/mol. The predicted molar refractivity (Wildman–Crippen MR) is 112 cm³/mol. The lowest BCUT2D eigenvalue weighted by Crippen LogP contribution is -2.78. The molecule has 2 aromatic carbocycles. The number of hydrogen-bond donors (Lipinski definition) is 1. The summed E-state index contributed by atoms with van der Waals surface area (Å²) in [6, 6.07) is 13.8. The minimum atomic E-state index is -4.77. The first-order valence-electron chi connectivity index (χ1n) is 10.4. The fourth-order valence-corrected chi connectivity index (χ4v) is 6.30. The normalized spacial score (nSPS) is 18.2. The lowest BCUT2D eigenvalue weighted by Gasteiger charge is -2.61. The first kappa shape index (κ1) is 22.6. The molecule has 0 aliphatic carbocycles. The molecule has 0 unspecified atom stereocenters. The number of likely N-dealkylation sites (tertiary alicyclic amines) is 1. The molecular weight excluding hydrogens is 443 g/mol. The summed E-state index contributed by atoms with van der Waals surface area (Å²) >= 11 is 0. The minimum absolute atomic E-state index is 0.140. The van der Waals surface area contributed by atoms with Crippen molar-refractivity contribution in [3.8, 4) is 0 Å². The number of halogens is 3. The fourth-order valence-electron chi connectivity index (χ4n) is 4.31. The number of carbonyl (C=O) groups is 1. The first-order chi connectivity index (χ1) is 15.1. The van der Waals surface area contributed by atoms with Crippen molar-refractivity contribution in [2.24, 2.45) is 0 Å². The zero-order valence-corrected chi connectivity index (χ0v) is 18.1. The van der Waals surface area contributed by atoms with E-state index in [1.165, 1.54) is 22.6 Å². The maximum Gasteiger partial charge on any atom is 0.417 e. The van der Waals surface area contributed by atoms with Crippen LogP contribution in [0.15, 0.2) is 59.5 Å². The van der Waals surface area contributed by atoms with E-state index in [1.807, 2.05) is 30.3 Å². The van der Waals surface area contributed by atoms with Crippen LogP contribution in [0, 0.1) is 0 Å². The third kappa shape index (κ3) is 4.21. The summed E-state index contributed by atoms with van der Waals surface area (Å²) in [6.45, 7) is 0.967. The molecule has 10 heteroatoms. The zero-order chi connectivity index (χ0) is 23.0. The molecule has 2 amide bonds. The number of aryl methyl sites for hydroxylation is 1. The summed E-state index contributed by atoms with van der Waals surface area (Å²) in [5.74, 6) is 0. The van der Waals surface area contributed by atoms with Gasteiger partial charge in [-0.3, -0.25) is 0 Å². The van der Waals surface area contributed by atoms with Crippen LogP contribution < -0.4 is 5.32 Å². The van der Waals surface area contributed by atoms with Crippen molar-refractivity contribution >= 4 is 16.1 Å². The van der Waals surface area contributed by atoms with Gasteiger partial charge in [0.15, 0.2) is 0 Å². The van der Waals surface area contributed by atoms with E-state index in [1.54, 1.807) is 0 Å². The van der Waals surface area contributed by atoms with E-state index in [2.05, 4.69) is 5.32 Å². The minimum Gasteiger partial charge on any atom is -0.338 e. The number of sulfonamides is 1. The standard InChI is InChI=1S/C22H24F3N3O3S/c23-22(24,25)18-10-4-5-11-19(18)32(30,31)28-14-12-21(28)15-27(16-21)20(29)26-13-6-9-17-7-2-1-3-8-17/h1-5,7-8,10-11H,6,9,12-16H2,(H,26,29). The summed E-state index contributed by atoms with van der Waals surface area (Å²) in [4.78, 5) is 13.1. The Morgan fingerprint density at radius 2 is 1.69 bits per heavy atom. The van der Waals surface area contributed by atoms with E-state index >= 15 is 0 Å². The van der Waals surface area contributed by atoms with Crippen LogP contribution in [-0.4, -0.2) is 55.4 Å². The van der Waals surface area contributed by atoms with Gasteiger partial charge in [0, 0.05) is 26.2 Å². The number of urea groups is 1. The molecular formula is C22H24F3N3O3S. The molecule has 0 radical (unpaired) electrons. The molecule has 0 saturated carbocycles. The van der Waals surface area contributed by atoms with Crippen molar-refractivity contribution in [2.45, 2.75) is 35.9 Å². The van der Waals surface area contributed by atoms with E-state index in [0.717, 1.165) is 29.3 Å². The quantitative estimate of drug-likeness (QED) is 0.662. The second-order valence-electron chi connectivity index (χ2n) is 8.22. The number of nitrogens with one attached hydrogen (secondary N) is 1. The molecule has 1 N–H and O–H groups in total. The van der Waals surface area contributed by atoms with Crippen LogP contribution in [0.25, 0.3) is 0 Å². The lowest BCUT2D eigenvalue weighted by molar-refractivity contribution is -0.140. The third-order valence-corrected chi connectivity index (χ3v) is 8.15. The highest BCUT2D eigenvalue weighted by Gasteiger charge is 2.60. The summed E-state index contributed by atoms with van der Waals surface area (Å²) in [6.07, 6.45) is -2.66. The van der Waals surface area contributed by atoms with Crippen molar-refractivity contribution < 1.29 is 26.4 Å². The molecule has 2 aliphatic rings. The van der Waals surface area contributed by atoms with E-state index in [9.17, 15) is 26.4 Å². The molecule has 1 spiro atoms. The molecule has 2 aromatic rings. The van der Waals surface area contributed by atoms with Gasteiger partial charge in [-0.1, -0.05) is 42.5 Å². The van der Waals surface area contributed by atoms with Crippen molar-refractivity contribution in [3.05, 3.63) is 65.7 Å². The van der Waals surface area contributed by atoms with Gasteiger partial charge in [0.05, 0.1) is 16.0 Å². The van der Waals surface area contributed by atoms with E-state index in [0.29, 0.717) is 13.0 Å². The van der Waals surface area contributed by atoms with Gasteiger partial charge in [0.2, 0.25) is 10.0 Å². The number of hydrogen-bond acceptors (Lipinski definition) is 3. The molecule has 4 rings (SSSR count). The SMILES string of the molecule is O=C(NCCCc1ccccc1)N1CC2(CCN2S(=O)(=O)c2ccccc2C(F)(F)F)C1. The number of carbonyl (C=O) groups excluding carboxylic acids is 1. The van der Waals surface area contributed by atoms with Crippen LogP contribution in [-0.2, 0) is 22.6 Å². The van der Waals surface area contributed by atoms with Crippen molar-refractivity contribution in [1.82, 2.24) is 14.5 Å². The third-order valence-electron chi connectivity index (χ3n) is 6.09. The summed E-state index contributed by atoms with van der Waals surface area (Å²) in [5.41, 5.74) is -0.813. The molecule has 0 aromatic heterocycles. The summed E-state index contributed by atoms with van der Waals surface area (Å²) in [7, 11) is -4.33. The molecule has 6 nitrogen and oxygen atoms in total. The van der Waals surface area contributed by atoms with Crippen LogP contribution >= 0.6 is 0 Å². The summed E-state index contributed by atoms with van der Waals surface area (Å²) < 4.78 is 67.2. The van der Waals surface area contributed by atoms with Crippen molar-refractivity contribution in [2.75, 3.05) is 26.2 Å². The van der Waals surface area contributed by atoms with E-state index < -0.39 is 32.2 Å². The Balaban J connectivity index is 1.34. The molecule has 32 heavy (non-hydrogen) atoms. The highest BCUT2D eigenvalue weighted by Crippen LogP contribution is 2.45. The first-order valence-corrected chi connectivity index (χ1v) is 11.8. The number of rotatable bonds is 6. The Morgan fingerprint density at radius 3 is 2.31 bits per heavy atom. The van der Waals surface area contributed by atoms with Gasteiger partial charge < -0.3 is 10.2 Å². The molecule has 0 atom stereocenters. The zero-order valence-electron chi connectivity index (χ0n) is 17.3. The van der Waals surface area contributed by atoms with Crippen LogP contribution in [0.4, 0.5) is 18.0 Å². The Kier molecular flexibility index (Phi) is 5.93. The van der Waals surface area contributed by atoms with Crippen LogP contribution in [0.2, 0.25) is 0 Å². The molecule has 172 valence electrons. The number of amides is 2. The Labute approximate surface area is 185 Å². The topological polar surface area (TPSA) is 69.7 Å². The monoisotopic (exact) mass is 467 g/mol. The Bertz CT molecular complexity index is 1080. The molecule has 2 heterocycles. The molecule has 2 aliphatic heterocycles. The number of nitrogens with zero attached hydrogens (tertiary/aromatic N) is 2. The van der Waals surface area contributed by atoms with Gasteiger partial charge in [0.1, 0.15) is 0 Å². The van der Waals surface area contributed by atoms with Gasteiger partial charge in [-0.05, 0) is 37.0 Å². The number of alkyl halides is 3. The maximum atomic E-state index is 13.3. The Morgan fingerprint density at radius 1 is 1.03 bits per heavy atom. The fraction of sp³-hybridized carbons (Fsp3) is 0.409. The van der Waals surface area contributed by atoms with Gasteiger partial charge in [0.25, 0.3) is 0 Å². The largest absolute Gasteiger partial charge is 0.417 e.